The molecule has 0 aromatic heterocycles. The van der Waals surface area contributed by atoms with Gasteiger partial charge in [0.25, 0.3) is 0 Å². The van der Waals surface area contributed by atoms with Crippen molar-refractivity contribution in [1.82, 2.24) is 0 Å². The topological polar surface area (TPSA) is 124 Å². The molecule has 0 amide bonds. The van der Waals surface area contributed by atoms with Crippen LogP contribution in [-0.2, 0) is 9.13 Å². The molecule has 0 fully saturated rings. The zero-order valence-corrected chi connectivity index (χ0v) is 26.2. The van der Waals surface area contributed by atoms with E-state index in [2.05, 4.69) is 32.9 Å². The first-order valence-electron chi connectivity index (χ1n) is 8.34. The molecule has 0 saturated carbocycles. The Hall–Kier alpha value is 2.52. The van der Waals surface area contributed by atoms with Crippen molar-refractivity contribution in [3.05, 3.63) is 34.9 Å². The Morgan fingerprint density at radius 2 is 1.21 bits per heavy atom. The molecule has 146 valence electrons. The SMILES string of the molecule is CC(C)=CCC/C(C)=C/CC/C(C)=C/CCC(P(=O)([O-])[O-])P(=O)([O-])O.[Na+].[Na+].[Na+]. The van der Waals surface area contributed by atoms with Crippen LogP contribution in [0.5, 0.6) is 0 Å². The molecule has 2 atom stereocenters. The first kappa shape index (κ1) is 37.8. The largest absolute Gasteiger partial charge is 1.00 e. The second kappa shape index (κ2) is 19.0. The Bertz CT molecular complexity index is 582. The van der Waals surface area contributed by atoms with Gasteiger partial charge < -0.3 is 28.7 Å². The number of allylic oxidation sites excluding steroid dienone is 6. The van der Waals surface area contributed by atoms with Crippen molar-refractivity contribution in [1.29, 1.82) is 0 Å². The summed E-state index contributed by atoms with van der Waals surface area (Å²) >= 11 is 0. The molecule has 0 aliphatic heterocycles. The van der Waals surface area contributed by atoms with Crippen LogP contribution in [-0.4, -0.2) is 10.3 Å². The molecule has 0 heterocycles. The molecule has 28 heavy (non-hydrogen) atoms. The molecular formula is C17H29Na3O6P2. The summed E-state index contributed by atoms with van der Waals surface area (Å²) in [7, 11) is -10.6. The van der Waals surface area contributed by atoms with Gasteiger partial charge in [-0.3, -0.25) is 0 Å². The Morgan fingerprint density at radius 3 is 1.57 bits per heavy atom. The minimum Gasteiger partial charge on any atom is -0.810 e. The van der Waals surface area contributed by atoms with Crippen LogP contribution < -0.4 is 103 Å². The van der Waals surface area contributed by atoms with Crippen molar-refractivity contribution in [2.24, 2.45) is 0 Å². The third kappa shape index (κ3) is 20.4. The van der Waals surface area contributed by atoms with E-state index in [0.29, 0.717) is 0 Å². The fourth-order valence-corrected chi connectivity index (χ4v) is 4.69. The summed E-state index contributed by atoms with van der Waals surface area (Å²) in [6.07, 6.45) is 9.39. The van der Waals surface area contributed by atoms with Crippen molar-refractivity contribution in [3.63, 3.8) is 0 Å². The molecule has 6 nitrogen and oxygen atoms in total. The van der Waals surface area contributed by atoms with Crippen LogP contribution in [0.4, 0.5) is 0 Å². The first-order chi connectivity index (χ1) is 11.3. The van der Waals surface area contributed by atoms with Gasteiger partial charge in [0.2, 0.25) is 0 Å². The molecule has 0 spiro atoms. The summed E-state index contributed by atoms with van der Waals surface area (Å²) in [6.45, 7) is 8.08. The van der Waals surface area contributed by atoms with Crippen LogP contribution >= 0.6 is 15.2 Å². The summed E-state index contributed by atoms with van der Waals surface area (Å²) in [6, 6.07) is 0. The molecule has 0 rings (SSSR count). The second-order valence-electron chi connectivity index (χ2n) is 6.62. The van der Waals surface area contributed by atoms with Gasteiger partial charge in [-0.05, 0) is 66.2 Å². The van der Waals surface area contributed by atoms with E-state index >= 15 is 0 Å². The van der Waals surface area contributed by atoms with Crippen molar-refractivity contribution in [2.45, 2.75) is 71.6 Å². The van der Waals surface area contributed by atoms with Gasteiger partial charge in [-0.25, -0.2) is 0 Å². The van der Waals surface area contributed by atoms with Crippen LogP contribution in [0.15, 0.2) is 34.9 Å². The van der Waals surface area contributed by atoms with Gasteiger partial charge in [-0.15, -0.1) is 0 Å². The molecule has 1 N–H and O–H groups in total. The van der Waals surface area contributed by atoms with Crippen LogP contribution in [0, 0.1) is 0 Å². The summed E-state index contributed by atoms with van der Waals surface area (Å²) in [4.78, 5) is 41.8. The molecule has 0 aromatic carbocycles. The van der Waals surface area contributed by atoms with Gasteiger partial charge in [0.1, 0.15) is 7.60 Å². The normalized spacial score (nSPS) is 15.3. The maximum absolute atomic E-state index is 11.0. The van der Waals surface area contributed by atoms with E-state index < -0.39 is 27.0 Å². The Labute approximate surface area is 236 Å². The summed E-state index contributed by atoms with van der Waals surface area (Å²) in [5.74, 6) is 0. The predicted molar refractivity (Wildman–Crippen MR) is 95.9 cm³/mol. The standard InChI is InChI=1S/C17H32O6P2.3Na/c1-14(2)8-5-9-15(3)10-6-11-16(4)12-7-13-17(24(18,19)20)25(21,22)23;;;/h8,10,12,17H,5-7,9,11,13H2,1-4H3,(H2,18,19,20)(H2,21,22,23);;;/q;3*+1/p-3/b15-10+,16-12+;;;. The monoisotopic (exact) mass is 460 g/mol. The van der Waals surface area contributed by atoms with E-state index in [1.807, 2.05) is 6.92 Å². The minimum absolute atomic E-state index is 0. The van der Waals surface area contributed by atoms with Crippen molar-refractivity contribution in [2.75, 3.05) is 0 Å². The van der Waals surface area contributed by atoms with E-state index in [1.54, 1.807) is 6.08 Å². The molecule has 11 heteroatoms. The quantitative estimate of drug-likeness (QED) is 0.186. The Kier molecular flexibility index (Phi) is 25.7. The van der Waals surface area contributed by atoms with E-state index in [1.165, 1.54) is 11.1 Å². The van der Waals surface area contributed by atoms with Gasteiger partial charge in [0.05, 0.1) is 5.40 Å². The summed E-state index contributed by atoms with van der Waals surface area (Å²) in [5.41, 5.74) is 3.59. The van der Waals surface area contributed by atoms with Crippen LogP contribution in [0.3, 0.4) is 0 Å². The molecule has 0 saturated heterocycles. The maximum Gasteiger partial charge on any atom is 1.00 e. The van der Waals surface area contributed by atoms with Crippen molar-refractivity contribution < 1.29 is 117 Å². The van der Waals surface area contributed by atoms with Gasteiger partial charge in [-0.2, -0.15) is 0 Å². The van der Waals surface area contributed by atoms with Gasteiger partial charge in [0.15, 0.2) is 0 Å². The molecule has 0 aliphatic carbocycles. The van der Waals surface area contributed by atoms with Gasteiger partial charge in [-0.1, -0.05) is 42.5 Å². The maximum atomic E-state index is 11.0. The van der Waals surface area contributed by atoms with Gasteiger partial charge >= 0.3 is 88.7 Å². The van der Waals surface area contributed by atoms with E-state index in [4.69, 9.17) is 4.89 Å². The number of hydrogen-bond acceptors (Lipinski definition) is 5. The van der Waals surface area contributed by atoms with Crippen LogP contribution in [0.1, 0.15) is 66.2 Å². The fraction of sp³-hybridized carbons (Fsp3) is 0.647. The molecule has 0 aromatic rings. The van der Waals surface area contributed by atoms with Gasteiger partial charge in [0, 0.05) is 0 Å². The molecule has 0 bridgehead atoms. The van der Waals surface area contributed by atoms with E-state index in [0.717, 1.165) is 31.3 Å². The average Bonchev–Trinajstić information content (AvgIpc) is 2.40. The van der Waals surface area contributed by atoms with E-state index in [9.17, 15) is 23.8 Å². The van der Waals surface area contributed by atoms with Crippen molar-refractivity contribution >= 4 is 15.2 Å². The third-order valence-electron chi connectivity index (χ3n) is 3.78. The number of rotatable bonds is 11. The molecule has 2 unspecified atom stereocenters. The average molecular weight is 460 g/mol. The fourth-order valence-electron chi connectivity index (χ4n) is 2.32. The Morgan fingerprint density at radius 1 is 0.821 bits per heavy atom. The first-order valence-corrected chi connectivity index (χ1v) is 11.6. The van der Waals surface area contributed by atoms with E-state index in [-0.39, 0.29) is 95.1 Å². The minimum atomic E-state index is -5.38. The smallest absolute Gasteiger partial charge is 0.810 e. The molecule has 0 radical (unpaired) electrons. The van der Waals surface area contributed by atoms with Crippen LogP contribution in [0.25, 0.3) is 0 Å². The predicted octanol–water partition coefficient (Wildman–Crippen LogP) is -6.02. The van der Waals surface area contributed by atoms with Crippen LogP contribution in [0.2, 0.25) is 0 Å². The molecular weight excluding hydrogens is 431 g/mol. The molecule has 0 aliphatic rings. The zero-order valence-electron chi connectivity index (χ0n) is 18.4. The van der Waals surface area contributed by atoms with Crippen molar-refractivity contribution in [3.8, 4) is 0 Å². The second-order valence-corrected chi connectivity index (χ2v) is 10.5. The summed E-state index contributed by atoms with van der Waals surface area (Å²) < 4.78 is 21.9. The number of hydrogen-bond donors (Lipinski definition) is 1. The zero-order chi connectivity index (χ0) is 19.7. The Balaban J connectivity index is -0.000000960. The summed E-state index contributed by atoms with van der Waals surface area (Å²) in [5, 5.41) is -2.25. The third-order valence-corrected chi connectivity index (χ3v) is 7.51.